The van der Waals surface area contributed by atoms with E-state index in [4.69, 9.17) is 9.72 Å². The summed E-state index contributed by atoms with van der Waals surface area (Å²) >= 11 is 0. The van der Waals surface area contributed by atoms with Crippen LogP contribution in [0.15, 0.2) is 71.7 Å². The minimum Gasteiger partial charge on any atom is -0.497 e. The van der Waals surface area contributed by atoms with E-state index >= 15 is 0 Å². The summed E-state index contributed by atoms with van der Waals surface area (Å²) in [6.07, 6.45) is 2.22. The number of aromatic amines is 1. The van der Waals surface area contributed by atoms with Crippen molar-refractivity contribution in [3.05, 3.63) is 88.7 Å². The van der Waals surface area contributed by atoms with Crippen molar-refractivity contribution in [1.82, 2.24) is 14.9 Å². The number of fused-ring (bicyclic) bond motifs is 2. The van der Waals surface area contributed by atoms with Crippen LogP contribution in [0.5, 0.6) is 5.75 Å². The Labute approximate surface area is 215 Å². The fourth-order valence-electron chi connectivity index (χ4n) is 5.51. The van der Waals surface area contributed by atoms with Gasteiger partial charge in [-0.2, -0.15) is 0 Å². The molecule has 0 spiro atoms. The molecule has 37 heavy (non-hydrogen) atoms. The summed E-state index contributed by atoms with van der Waals surface area (Å²) in [6, 6.07) is 22.3. The van der Waals surface area contributed by atoms with Crippen molar-refractivity contribution in [3.8, 4) is 5.75 Å². The number of ether oxygens (including phenoxy) is 1. The van der Waals surface area contributed by atoms with Gasteiger partial charge in [0.2, 0.25) is 0 Å². The summed E-state index contributed by atoms with van der Waals surface area (Å²) in [4.78, 5) is 28.7. The molecule has 2 aliphatic heterocycles. The van der Waals surface area contributed by atoms with Crippen LogP contribution in [0.2, 0.25) is 0 Å². The van der Waals surface area contributed by atoms with E-state index in [1.165, 1.54) is 0 Å². The Hall–Kier alpha value is -3.97. The van der Waals surface area contributed by atoms with E-state index in [1.807, 2.05) is 60.7 Å². The minimum absolute atomic E-state index is 0.213. The maximum atomic E-state index is 13.4. The molecule has 188 valence electrons. The van der Waals surface area contributed by atoms with Crippen LogP contribution in [-0.4, -0.2) is 53.6 Å². The van der Waals surface area contributed by atoms with Crippen LogP contribution < -0.4 is 20.6 Å². The molecule has 0 radical (unpaired) electrons. The fourth-order valence-corrected chi connectivity index (χ4v) is 5.51. The van der Waals surface area contributed by atoms with Crippen molar-refractivity contribution in [3.63, 3.8) is 0 Å². The highest BCUT2D eigenvalue weighted by Gasteiger charge is 2.31. The van der Waals surface area contributed by atoms with Gasteiger partial charge in [0, 0.05) is 41.7 Å². The number of aromatic nitrogens is 2. The first-order valence-electron chi connectivity index (χ1n) is 13.0. The number of H-pyrrole nitrogens is 1. The molecular weight excluding hydrogens is 462 g/mol. The van der Waals surface area contributed by atoms with Gasteiger partial charge in [-0.25, -0.2) is 9.98 Å². The van der Waals surface area contributed by atoms with E-state index in [1.54, 1.807) is 7.11 Å². The van der Waals surface area contributed by atoms with Gasteiger partial charge in [0.25, 0.3) is 5.91 Å². The molecule has 1 saturated heterocycles. The Balaban J connectivity index is 1.44. The lowest BCUT2D eigenvalue weighted by Crippen LogP contribution is -2.39. The summed E-state index contributed by atoms with van der Waals surface area (Å²) in [5.74, 6) is 0.881. The minimum atomic E-state index is -0.375. The van der Waals surface area contributed by atoms with Crippen molar-refractivity contribution in [2.24, 2.45) is 4.99 Å². The number of imidazole rings is 1. The predicted molar refractivity (Wildman–Crippen MR) is 145 cm³/mol. The van der Waals surface area contributed by atoms with Crippen LogP contribution in [0.1, 0.15) is 37.1 Å². The Morgan fingerprint density at radius 1 is 1.08 bits per heavy atom. The molecule has 1 atom stereocenters. The number of piperidine rings is 1. The largest absolute Gasteiger partial charge is 0.497 e. The average Bonchev–Trinajstić information content (AvgIpc) is 3.50. The molecule has 0 saturated carbocycles. The molecule has 1 amide bonds. The summed E-state index contributed by atoms with van der Waals surface area (Å²) < 4.78 is 5.40. The van der Waals surface area contributed by atoms with Gasteiger partial charge in [0.1, 0.15) is 11.6 Å². The number of methoxy groups -OCH3 is 1. The van der Waals surface area contributed by atoms with Crippen LogP contribution in [-0.2, 0) is 4.79 Å². The molecule has 1 fully saturated rings. The molecule has 1 unspecified atom stereocenters. The smallest absolute Gasteiger partial charge is 0.275 e. The van der Waals surface area contributed by atoms with Gasteiger partial charge >= 0.3 is 0 Å². The number of hydrogen-bond donors (Lipinski definition) is 2. The van der Waals surface area contributed by atoms with Crippen LogP contribution in [0.25, 0.3) is 16.6 Å². The quantitative estimate of drug-likeness (QED) is 0.411. The number of nitrogens with zero attached hydrogens (tertiary/aromatic N) is 3. The lowest BCUT2D eigenvalue weighted by Gasteiger charge is -2.32. The molecule has 7 nitrogen and oxygen atoms in total. The van der Waals surface area contributed by atoms with Gasteiger partial charge in [0.05, 0.1) is 29.4 Å². The Morgan fingerprint density at radius 2 is 1.89 bits per heavy atom. The predicted octanol–water partition coefficient (Wildman–Crippen LogP) is 3.61. The zero-order valence-electron chi connectivity index (χ0n) is 21.2. The maximum absolute atomic E-state index is 13.4. The van der Waals surface area contributed by atoms with Gasteiger partial charge < -0.3 is 19.9 Å². The second-order valence-corrected chi connectivity index (χ2v) is 9.76. The molecule has 0 bridgehead atoms. The van der Waals surface area contributed by atoms with E-state index in [9.17, 15) is 4.79 Å². The van der Waals surface area contributed by atoms with Gasteiger partial charge in [-0.05, 0) is 55.3 Å². The monoisotopic (exact) mass is 493 g/mol. The number of rotatable bonds is 7. The number of hydrogen-bond acceptors (Lipinski definition) is 5. The topological polar surface area (TPSA) is 82.6 Å². The first-order valence-corrected chi connectivity index (χ1v) is 13.0. The number of likely N-dealkylation sites (tertiary alicyclic amines) is 1. The molecule has 6 rings (SSSR count). The zero-order valence-corrected chi connectivity index (χ0v) is 21.2. The van der Waals surface area contributed by atoms with E-state index in [2.05, 4.69) is 33.2 Å². The number of carbonyl (C=O) groups is 1. The van der Waals surface area contributed by atoms with E-state index in [0.717, 1.165) is 65.7 Å². The molecule has 7 heteroatoms. The summed E-state index contributed by atoms with van der Waals surface area (Å²) in [5.41, 5.74) is 4.36. The van der Waals surface area contributed by atoms with Crippen molar-refractivity contribution in [2.45, 2.75) is 31.7 Å². The standard InChI is InChI=1S/C30H31N5O2/c1-3-35-15-13-20(14-16-35)31-21-9-11-24-23(17-21)28(30(36)34-24)27(19-7-5-4-6-8-19)29-32-25-12-10-22(37-2)18-26(25)33-29/h4-12,17-18,20,27,31H,3,13-16H2,1-2H3,(H,32,33). The van der Waals surface area contributed by atoms with E-state index < -0.39 is 0 Å². The maximum Gasteiger partial charge on any atom is 0.275 e. The highest BCUT2D eigenvalue weighted by atomic mass is 16.5. The number of nitrogens with one attached hydrogen (secondary N) is 2. The number of amides is 1. The number of anilines is 1. The second-order valence-electron chi connectivity index (χ2n) is 9.76. The lowest BCUT2D eigenvalue weighted by molar-refractivity contribution is -0.112. The zero-order chi connectivity index (χ0) is 25.4. The van der Waals surface area contributed by atoms with Crippen LogP contribution >= 0.6 is 0 Å². The highest BCUT2D eigenvalue weighted by molar-refractivity contribution is 6.18. The third-order valence-electron chi connectivity index (χ3n) is 7.55. The van der Waals surface area contributed by atoms with Crippen LogP contribution in [0.4, 0.5) is 5.69 Å². The molecule has 3 aromatic carbocycles. The third-order valence-corrected chi connectivity index (χ3v) is 7.55. The highest BCUT2D eigenvalue weighted by Crippen LogP contribution is 2.34. The second kappa shape index (κ2) is 9.82. The fraction of sp³-hybridized carbons (Fsp3) is 0.300. The number of carbonyl (C=O) groups excluding carboxylic acids is 1. The average molecular weight is 494 g/mol. The van der Waals surface area contributed by atoms with Gasteiger partial charge in [-0.1, -0.05) is 37.3 Å². The first-order chi connectivity index (χ1) is 18.1. The molecule has 4 aromatic rings. The Bertz CT molecular complexity index is 1570. The van der Waals surface area contributed by atoms with Crippen molar-refractivity contribution < 1.29 is 9.53 Å². The SMILES string of the molecule is CCN1CCC(Nc2ccc3c(c2)=C(C(c2ccccc2)c2nc4ccc(OC)cc4[nH]2)C(=O)N=3)CC1. The molecular formula is C30H31N5O2. The molecule has 3 heterocycles. The normalized spacial score (nSPS) is 17.0. The van der Waals surface area contributed by atoms with E-state index in [-0.39, 0.29) is 11.8 Å². The molecule has 0 aliphatic carbocycles. The van der Waals surface area contributed by atoms with Crippen molar-refractivity contribution in [1.29, 1.82) is 0 Å². The van der Waals surface area contributed by atoms with Gasteiger partial charge in [-0.3, -0.25) is 4.79 Å². The van der Waals surface area contributed by atoms with E-state index in [0.29, 0.717) is 22.8 Å². The summed E-state index contributed by atoms with van der Waals surface area (Å²) in [7, 11) is 1.65. The first kappa shape index (κ1) is 23.4. The summed E-state index contributed by atoms with van der Waals surface area (Å²) in [6.45, 7) is 5.53. The van der Waals surface area contributed by atoms with Gasteiger partial charge in [0.15, 0.2) is 0 Å². The molecule has 1 aromatic heterocycles. The molecule has 2 aliphatic rings. The van der Waals surface area contributed by atoms with Crippen LogP contribution in [0, 0.1) is 0 Å². The molecule has 2 N–H and O–H groups in total. The number of benzene rings is 3. The van der Waals surface area contributed by atoms with Crippen molar-refractivity contribution in [2.75, 3.05) is 32.1 Å². The summed E-state index contributed by atoms with van der Waals surface area (Å²) in [5, 5.41) is 5.29. The third kappa shape index (κ3) is 4.51. The Kier molecular flexibility index (Phi) is 6.22. The lowest BCUT2D eigenvalue weighted by atomic mass is 9.89. The Morgan fingerprint density at radius 3 is 2.65 bits per heavy atom. The van der Waals surface area contributed by atoms with Crippen LogP contribution in [0.3, 0.4) is 0 Å². The van der Waals surface area contributed by atoms with Crippen molar-refractivity contribution >= 4 is 28.2 Å². The van der Waals surface area contributed by atoms with Gasteiger partial charge in [-0.15, -0.1) is 0 Å².